The molecule has 1 amide bonds. The molecule has 3 rings (SSSR count). The minimum Gasteiger partial charge on any atom is -0.497 e. The third-order valence-corrected chi connectivity index (χ3v) is 5.48. The van der Waals surface area contributed by atoms with Crippen LogP contribution in [0.5, 0.6) is 5.75 Å². The van der Waals surface area contributed by atoms with E-state index in [0.29, 0.717) is 19.5 Å². The van der Waals surface area contributed by atoms with Crippen LogP contribution in [-0.2, 0) is 17.8 Å². The molecule has 0 aliphatic rings. The van der Waals surface area contributed by atoms with Gasteiger partial charge in [0.1, 0.15) is 5.75 Å². The molecule has 1 aromatic heterocycles. The number of fused-ring (bicyclic) bond motifs is 1. The highest BCUT2D eigenvalue weighted by Gasteiger charge is 2.13. The van der Waals surface area contributed by atoms with Crippen LogP contribution in [0.1, 0.15) is 30.3 Å². The zero-order valence-electron chi connectivity index (χ0n) is 15.3. The summed E-state index contributed by atoms with van der Waals surface area (Å²) >= 11 is 1.72. The van der Waals surface area contributed by atoms with Crippen molar-refractivity contribution in [1.82, 2.24) is 9.88 Å². The maximum atomic E-state index is 12.5. The molecule has 2 aromatic carbocycles. The SMILES string of the molecule is CCN(Cc1ccc(OC)cc1)C(=O)CCCc1nc2ccccc2s1. The van der Waals surface area contributed by atoms with Crippen molar-refractivity contribution in [2.75, 3.05) is 13.7 Å². The summed E-state index contributed by atoms with van der Waals surface area (Å²) in [6.45, 7) is 3.38. The Hall–Kier alpha value is -2.40. The van der Waals surface area contributed by atoms with Crippen molar-refractivity contribution in [1.29, 1.82) is 0 Å². The van der Waals surface area contributed by atoms with Crippen LogP contribution in [0.4, 0.5) is 0 Å². The Morgan fingerprint density at radius 3 is 2.62 bits per heavy atom. The Labute approximate surface area is 158 Å². The number of carbonyl (C=O) groups is 1. The van der Waals surface area contributed by atoms with Gasteiger partial charge in [-0.3, -0.25) is 4.79 Å². The van der Waals surface area contributed by atoms with Crippen molar-refractivity contribution in [3.8, 4) is 5.75 Å². The Morgan fingerprint density at radius 1 is 1.15 bits per heavy atom. The third-order valence-electron chi connectivity index (χ3n) is 4.39. The molecule has 0 aliphatic carbocycles. The molecule has 0 saturated heterocycles. The zero-order chi connectivity index (χ0) is 18.4. The first-order valence-electron chi connectivity index (χ1n) is 8.94. The monoisotopic (exact) mass is 368 g/mol. The van der Waals surface area contributed by atoms with Crippen LogP contribution in [0.3, 0.4) is 0 Å². The number of amides is 1. The van der Waals surface area contributed by atoms with Crippen molar-refractivity contribution < 1.29 is 9.53 Å². The Morgan fingerprint density at radius 2 is 1.92 bits per heavy atom. The summed E-state index contributed by atoms with van der Waals surface area (Å²) < 4.78 is 6.39. The molecule has 0 spiro atoms. The summed E-state index contributed by atoms with van der Waals surface area (Å²) in [5.74, 6) is 1.03. The minimum atomic E-state index is 0.199. The van der Waals surface area contributed by atoms with E-state index in [1.165, 1.54) is 4.70 Å². The highest BCUT2D eigenvalue weighted by Crippen LogP contribution is 2.23. The standard InChI is InChI=1S/C21H24N2O2S/c1-3-23(15-16-11-13-17(25-2)14-12-16)21(24)10-6-9-20-22-18-7-4-5-8-19(18)26-20/h4-5,7-8,11-14H,3,6,9-10,15H2,1-2H3. The van der Waals surface area contributed by atoms with Crippen molar-refractivity contribution in [3.63, 3.8) is 0 Å². The molecule has 0 N–H and O–H groups in total. The maximum absolute atomic E-state index is 12.5. The first-order chi connectivity index (χ1) is 12.7. The van der Waals surface area contributed by atoms with E-state index in [1.807, 2.05) is 54.3 Å². The second kappa shape index (κ2) is 8.81. The first kappa shape index (κ1) is 18.4. The number of hydrogen-bond acceptors (Lipinski definition) is 4. The van der Waals surface area contributed by atoms with E-state index in [4.69, 9.17) is 4.74 Å². The first-order valence-corrected chi connectivity index (χ1v) is 9.76. The van der Waals surface area contributed by atoms with Crippen molar-refractivity contribution in [2.24, 2.45) is 0 Å². The molecule has 1 heterocycles. The molecule has 0 fully saturated rings. The second-order valence-corrected chi connectivity index (χ2v) is 7.30. The van der Waals surface area contributed by atoms with Gasteiger partial charge in [0.25, 0.3) is 0 Å². The van der Waals surface area contributed by atoms with E-state index < -0.39 is 0 Å². The van der Waals surface area contributed by atoms with Gasteiger partial charge in [-0.1, -0.05) is 24.3 Å². The molecular weight excluding hydrogens is 344 g/mol. The average Bonchev–Trinajstić information content (AvgIpc) is 3.09. The molecule has 26 heavy (non-hydrogen) atoms. The number of methoxy groups -OCH3 is 1. The predicted molar refractivity (Wildman–Crippen MR) is 107 cm³/mol. The normalized spacial score (nSPS) is 10.8. The van der Waals surface area contributed by atoms with E-state index in [1.54, 1.807) is 18.4 Å². The topological polar surface area (TPSA) is 42.4 Å². The Bertz CT molecular complexity index is 825. The largest absolute Gasteiger partial charge is 0.497 e. The number of aromatic nitrogens is 1. The number of hydrogen-bond donors (Lipinski definition) is 0. The smallest absolute Gasteiger partial charge is 0.222 e. The van der Waals surface area contributed by atoms with Gasteiger partial charge in [-0.25, -0.2) is 4.98 Å². The zero-order valence-corrected chi connectivity index (χ0v) is 16.1. The molecule has 3 aromatic rings. The van der Waals surface area contributed by atoms with Crippen LogP contribution in [0, 0.1) is 0 Å². The molecule has 0 bridgehead atoms. The lowest BCUT2D eigenvalue weighted by Crippen LogP contribution is -2.30. The minimum absolute atomic E-state index is 0.199. The molecule has 4 nitrogen and oxygen atoms in total. The van der Waals surface area contributed by atoms with Gasteiger partial charge in [-0.15, -0.1) is 11.3 Å². The van der Waals surface area contributed by atoms with Crippen molar-refractivity contribution >= 4 is 27.5 Å². The quantitative estimate of drug-likeness (QED) is 0.580. The van der Waals surface area contributed by atoms with Gasteiger partial charge in [0.05, 0.1) is 22.3 Å². The second-order valence-electron chi connectivity index (χ2n) is 6.18. The van der Waals surface area contributed by atoms with Gasteiger partial charge in [0.15, 0.2) is 0 Å². The summed E-state index contributed by atoms with van der Waals surface area (Å²) in [6.07, 6.45) is 2.24. The predicted octanol–water partition coefficient (Wildman–Crippen LogP) is 4.68. The van der Waals surface area contributed by atoms with Gasteiger partial charge >= 0.3 is 0 Å². The maximum Gasteiger partial charge on any atom is 0.222 e. The number of rotatable bonds is 8. The summed E-state index contributed by atoms with van der Waals surface area (Å²) in [6, 6.07) is 16.1. The van der Waals surface area contributed by atoms with Gasteiger partial charge in [-0.2, -0.15) is 0 Å². The number of ether oxygens (including phenoxy) is 1. The van der Waals surface area contributed by atoms with Gasteiger partial charge in [0.2, 0.25) is 5.91 Å². The molecule has 136 valence electrons. The summed E-state index contributed by atoms with van der Waals surface area (Å²) in [5.41, 5.74) is 2.17. The van der Waals surface area contributed by atoms with Gasteiger partial charge < -0.3 is 9.64 Å². The lowest BCUT2D eigenvalue weighted by atomic mass is 10.1. The number of nitrogens with zero attached hydrogens (tertiary/aromatic N) is 2. The number of thiazole rings is 1. The molecule has 0 aliphatic heterocycles. The highest BCUT2D eigenvalue weighted by molar-refractivity contribution is 7.18. The van der Waals surface area contributed by atoms with Gasteiger partial charge in [-0.05, 0) is 49.6 Å². The van der Waals surface area contributed by atoms with Crippen molar-refractivity contribution in [2.45, 2.75) is 32.7 Å². The van der Waals surface area contributed by atoms with E-state index in [9.17, 15) is 4.79 Å². The molecule has 0 saturated carbocycles. The molecular formula is C21H24N2O2S. The average molecular weight is 369 g/mol. The van der Waals surface area contributed by atoms with Crippen LogP contribution < -0.4 is 4.74 Å². The summed E-state index contributed by atoms with van der Waals surface area (Å²) in [4.78, 5) is 19.1. The number of aryl methyl sites for hydroxylation is 1. The highest BCUT2D eigenvalue weighted by atomic mass is 32.1. The van der Waals surface area contributed by atoms with Gasteiger partial charge in [0, 0.05) is 19.5 Å². The number of para-hydroxylation sites is 1. The van der Waals surface area contributed by atoms with E-state index >= 15 is 0 Å². The third kappa shape index (κ3) is 4.61. The molecule has 0 atom stereocenters. The van der Waals surface area contributed by atoms with Crippen LogP contribution in [0.15, 0.2) is 48.5 Å². The van der Waals surface area contributed by atoms with E-state index in [2.05, 4.69) is 11.1 Å². The van der Waals surface area contributed by atoms with E-state index in [0.717, 1.165) is 34.7 Å². The van der Waals surface area contributed by atoms with Crippen LogP contribution in [-0.4, -0.2) is 29.4 Å². The fourth-order valence-corrected chi connectivity index (χ4v) is 3.91. The Kier molecular flexibility index (Phi) is 6.23. The summed E-state index contributed by atoms with van der Waals surface area (Å²) in [7, 11) is 1.66. The van der Waals surface area contributed by atoms with Crippen LogP contribution in [0.2, 0.25) is 0 Å². The molecule has 5 heteroatoms. The fraction of sp³-hybridized carbons (Fsp3) is 0.333. The van der Waals surface area contributed by atoms with E-state index in [-0.39, 0.29) is 5.91 Å². The van der Waals surface area contributed by atoms with Crippen LogP contribution in [0.25, 0.3) is 10.2 Å². The van der Waals surface area contributed by atoms with Crippen molar-refractivity contribution in [3.05, 3.63) is 59.1 Å². The Balaban J connectivity index is 1.51. The number of carbonyl (C=O) groups excluding carboxylic acids is 1. The van der Waals surface area contributed by atoms with Crippen LogP contribution >= 0.6 is 11.3 Å². The summed E-state index contributed by atoms with van der Waals surface area (Å²) in [5, 5.41) is 1.11. The fourth-order valence-electron chi connectivity index (χ4n) is 2.90. The lowest BCUT2D eigenvalue weighted by molar-refractivity contribution is -0.131. The lowest BCUT2D eigenvalue weighted by Gasteiger charge is -2.21. The molecule has 0 unspecified atom stereocenters. The number of benzene rings is 2. The molecule has 0 radical (unpaired) electrons.